The van der Waals surface area contributed by atoms with E-state index in [0.29, 0.717) is 0 Å². The van der Waals surface area contributed by atoms with E-state index in [2.05, 4.69) is 10.1 Å². The van der Waals surface area contributed by atoms with Gasteiger partial charge < -0.3 is 11.5 Å². The molecule has 1 atom stereocenters. The Labute approximate surface area is 99.1 Å². The molecule has 0 aliphatic carbocycles. The molecule has 0 saturated carbocycles. The van der Waals surface area contributed by atoms with Gasteiger partial charge in [-0.05, 0) is 5.56 Å². The molecule has 0 aromatic heterocycles. The summed E-state index contributed by atoms with van der Waals surface area (Å²) in [5, 5.41) is 13.4. The summed E-state index contributed by atoms with van der Waals surface area (Å²) in [6.45, 7) is 0. The summed E-state index contributed by atoms with van der Waals surface area (Å²) in [7, 11) is 0. The fourth-order valence-corrected chi connectivity index (χ4v) is 1.74. The second kappa shape index (κ2) is 4.65. The Kier molecular flexibility index (Phi) is 3.04. The van der Waals surface area contributed by atoms with E-state index in [1.165, 1.54) is 5.01 Å². The molecule has 6 heteroatoms. The van der Waals surface area contributed by atoms with Crippen LogP contribution in [0.3, 0.4) is 0 Å². The van der Waals surface area contributed by atoms with Crippen LogP contribution in [-0.2, 0) is 0 Å². The van der Waals surface area contributed by atoms with Crippen LogP contribution in [0.2, 0.25) is 0 Å². The third-order valence-electron chi connectivity index (χ3n) is 2.47. The van der Waals surface area contributed by atoms with Gasteiger partial charge in [0.05, 0.1) is 6.04 Å². The van der Waals surface area contributed by atoms with E-state index in [-0.39, 0.29) is 18.0 Å². The molecule has 17 heavy (non-hydrogen) atoms. The van der Waals surface area contributed by atoms with Crippen LogP contribution in [0.4, 0.5) is 0 Å². The molecule has 0 radical (unpaired) electrons. The van der Waals surface area contributed by atoms with Gasteiger partial charge in [0, 0.05) is 12.6 Å². The Morgan fingerprint density at radius 1 is 1.35 bits per heavy atom. The van der Waals surface area contributed by atoms with E-state index in [9.17, 15) is 0 Å². The van der Waals surface area contributed by atoms with Gasteiger partial charge in [0.15, 0.2) is 5.96 Å². The van der Waals surface area contributed by atoms with Gasteiger partial charge in [-0.15, -0.1) is 0 Å². The van der Waals surface area contributed by atoms with Gasteiger partial charge in [0.25, 0.3) is 0 Å². The van der Waals surface area contributed by atoms with E-state index in [1.807, 2.05) is 30.3 Å². The third kappa shape index (κ3) is 2.41. The van der Waals surface area contributed by atoms with Crippen molar-refractivity contribution in [1.29, 1.82) is 5.41 Å². The first-order valence-electron chi connectivity index (χ1n) is 5.23. The first-order chi connectivity index (χ1) is 8.18. The van der Waals surface area contributed by atoms with Crippen LogP contribution in [0.15, 0.2) is 40.4 Å². The zero-order valence-electron chi connectivity index (χ0n) is 9.24. The van der Waals surface area contributed by atoms with Crippen molar-refractivity contribution in [2.45, 2.75) is 12.5 Å². The number of benzene rings is 1. The lowest BCUT2D eigenvalue weighted by molar-refractivity contribution is 0.364. The zero-order chi connectivity index (χ0) is 12.3. The normalized spacial score (nSPS) is 18.1. The predicted octanol–water partition coefficient (Wildman–Crippen LogP) is 0.627. The summed E-state index contributed by atoms with van der Waals surface area (Å²) in [5.74, 6) is -0.184. The molecule has 0 amide bonds. The van der Waals surface area contributed by atoms with E-state index < -0.39 is 0 Å². The summed E-state index contributed by atoms with van der Waals surface area (Å²) in [6, 6.07) is 9.84. The Bertz CT molecular complexity index is 460. The molecule has 6 nitrogen and oxygen atoms in total. The van der Waals surface area contributed by atoms with Crippen LogP contribution in [0.5, 0.6) is 0 Å². The van der Waals surface area contributed by atoms with Gasteiger partial charge in [-0.3, -0.25) is 5.41 Å². The molecule has 1 aromatic rings. The fourth-order valence-electron chi connectivity index (χ4n) is 1.74. The highest BCUT2D eigenvalue weighted by Crippen LogP contribution is 2.27. The summed E-state index contributed by atoms with van der Waals surface area (Å²) in [5.41, 5.74) is 11.6. The lowest BCUT2D eigenvalue weighted by atomic mass is 10.1. The topological polar surface area (TPSA) is 104 Å². The average Bonchev–Trinajstić information content (AvgIpc) is 2.78. The molecule has 0 fully saturated rings. The molecule has 1 heterocycles. The summed E-state index contributed by atoms with van der Waals surface area (Å²) < 4.78 is 0. The van der Waals surface area contributed by atoms with Crippen molar-refractivity contribution in [3.63, 3.8) is 0 Å². The van der Waals surface area contributed by atoms with Crippen LogP contribution in [-0.4, -0.2) is 23.1 Å². The van der Waals surface area contributed by atoms with Crippen LogP contribution < -0.4 is 11.5 Å². The maximum absolute atomic E-state index is 7.76. The second-order valence-corrected chi connectivity index (χ2v) is 3.67. The smallest absolute Gasteiger partial charge is 0.242 e. The Morgan fingerprint density at radius 2 is 2.06 bits per heavy atom. The minimum Gasteiger partial charge on any atom is -0.370 e. The largest absolute Gasteiger partial charge is 0.370 e. The van der Waals surface area contributed by atoms with Crippen LogP contribution >= 0.6 is 0 Å². The minimum atomic E-state index is -0.135. The van der Waals surface area contributed by atoms with Crippen molar-refractivity contribution in [2.75, 3.05) is 0 Å². The van der Waals surface area contributed by atoms with Crippen LogP contribution in [0.1, 0.15) is 18.0 Å². The average molecular weight is 230 g/mol. The quantitative estimate of drug-likeness (QED) is 0.486. The first kappa shape index (κ1) is 11.1. The number of hydrazone groups is 1. The molecule has 0 spiro atoms. The Morgan fingerprint density at radius 3 is 2.71 bits per heavy atom. The van der Waals surface area contributed by atoms with Gasteiger partial charge in [-0.2, -0.15) is 10.1 Å². The lowest BCUT2D eigenvalue weighted by Gasteiger charge is -2.21. The summed E-state index contributed by atoms with van der Waals surface area (Å²) in [6.07, 6.45) is 2.50. The predicted molar refractivity (Wildman–Crippen MR) is 67.7 cm³/mol. The molecule has 88 valence electrons. The molecule has 0 saturated heterocycles. The van der Waals surface area contributed by atoms with Crippen molar-refractivity contribution in [2.24, 2.45) is 21.6 Å². The molecule has 1 aromatic carbocycles. The SMILES string of the molecule is N=C(N=C(N)N)N1N=CC[C@H]1c1ccccc1. The van der Waals surface area contributed by atoms with Crippen molar-refractivity contribution in [3.05, 3.63) is 35.9 Å². The van der Waals surface area contributed by atoms with Crippen molar-refractivity contribution < 1.29 is 0 Å². The Hall–Kier alpha value is -2.37. The number of nitrogens with zero attached hydrogens (tertiary/aromatic N) is 3. The van der Waals surface area contributed by atoms with Crippen LogP contribution in [0.25, 0.3) is 0 Å². The van der Waals surface area contributed by atoms with Crippen molar-refractivity contribution >= 4 is 18.1 Å². The van der Waals surface area contributed by atoms with E-state index >= 15 is 0 Å². The standard InChI is InChI=1S/C11H14N6/c12-10(13)16-11(14)17-9(6-7-15-17)8-4-2-1-3-5-8/h1-5,7,9H,6H2,(H5,12,13,14,16)/t9-/m0/s1. The van der Waals surface area contributed by atoms with E-state index in [0.717, 1.165) is 12.0 Å². The van der Waals surface area contributed by atoms with Gasteiger partial charge >= 0.3 is 0 Å². The number of nitrogens with two attached hydrogens (primary N) is 2. The molecule has 2 rings (SSSR count). The van der Waals surface area contributed by atoms with Gasteiger partial charge in [-0.1, -0.05) is 30.3 Å². The maximum atomic E-state index is 7.76. The van der Waals surface area contributed by atoms with Gasteiger partial charge in [0.2, 0.25) is 5.96 Å². The molecule has 1 aliphatic rings. The lowest BCUT2D eigenvalue weighted by Crippen LogP contribution is -2.30. The zero-order valence-corrected chi connectivity index (χ0v) is 9.24. The minimum absolute atomic E-state index is 0.00759. The maximum Gasteiger partial charge on any atom is 0.242 e. The molecule has 5 N–H and O–H groups in total. The fraction of sp³-hybridized carbons (Fsp3) is 0.182. The number of guanidine groups is 2. The number of nitrogens with one attached hydrogen (secondary N) is 1. The van der Waals surface area contributed by atoms with Gasteiger partial charge in [0.1, 0.15) is 0 Å². The third-order valence-corrected chi connectivity index (χ3v) is 2.47. The molecular weight excluding hydrogens is 216 g/mol. The molecular formula is C11H14N6. The monoisotopic (exact) mass is 230 g/mol. The van der Waals surface area contributed by atoms with Crippen molar-refractivity contribution in [3.8, 4) is 0 Å². The highest BCUT2D eigenvalue weighted by molar-refractivity contribution is 5.92. The highest BCUT2D eigenvalue weighted by atomic mass is 15.5. The Balaban J connectivity index is 2.21. The summed E-state index contributed by atoms with van der Waals surface area (Å²) >= 11 is 0. The number of hydrogen-bond donors (Lipinski definition) is 3. The van der Waals surface area contributed by atoms with Crippen LogP contribution in [0, 0.1) is 5.41 Å². The molecule has 0 bridgehead atoms. The second-order valence-electron chi connectivity index (χ2n) is 3.67. The molecule has 0 unspecified atom stereocenters. The first-order valence-corrected chi connectivity index (χ1v) is 5.23. The van der Waals surface area contributed by atoms with E-state index in [1.54, 1.807) is 6.21 Å². The number of rotatable bonds is 1. The van der Waals surface area contributed by atoms with E-state index in [4.69, 9.17) is 16.9 Å². The van der Waals surface area contributed by atoms with Gasteiger partial charge in [-0.25, -0.2) is 5.01 Å². The summed E-state index contributed by atoms with van der Waals surface area (Å²) in [4.78, 5) is 3.70. The highest BCUT2D eigenvalue weighted by Gasteiger charge is 2.25. The number of hydrogen-bond acceptors (Lipinski definition) is 2. The molecule has 1 aliphatic heterocycles. The van der Waals surface area contributed by atoms with Crippen molar-refractivity contribution in [1.82, 2.24) is 5.01 Å². The number of aliphatic imine (C=N–C) groups is 1.